The molecule has 0 radical (unpaired) electrons. The van der Waals surface area contributed by atoms with Crippen LogP contribution in [0, 0.1) is 13.8 Å². The standard InChI is InChI=1S/C22H18Cl2N4O3/c1-12-19(22(30)28(27(12)3)14-8-5-4-6-9-14)25-21(29)17-13(2)31-26-20(17)18-15(23)10-7-11-16(18)24/h4-11H,1-3H3,(H,25,29). The number of aromatic nitrogens is 3. The zero-order valence-electron chi connectivity index (χ0n) is 16.9. The van der Waals surface area contributed by atoms with E-state index in [1.165, 1.54) is 4.68 Å². The number of aryl methyl sites for hydroxylation is 1. The van der Waals surface area contributed by atoms with Crippen LogP contribution in [0.2, 0.25) is 10.0 Å². The summed E-state index contributed by atoms with van der Waals surface area (Å²) in [6.07, 6.45) is 0. The Morgan fingerprint density at radius 1 is 1.03 bits per heavy atom. The van der Waals surface area contributed by atoms with Gasteiger partial charge >= 0.3 is 0 Å². The molecule has 1 N–H and O–H groups in total. The van der Waals surface area contributed by atoms with Gasteiger partial charge in [-0.15, -0.1) is 0 Å². The van der Waals surface area contributed by atoms with Crippen molar-refractivity contribution in [1.29, 1.82) is 0 Å². The van der Waals surface area contributed by atoms with Crippen molar-refractivity contribution in [1.82, 2.24) is 14.5 Å². The molecule has 4 rings (SSSR count). The minimum atomic E-state index is -0.546. The van der Waals surface area contributed by atoms with Crippen molar-refractivity contribution in [2.75, 3.05) is 5.32 Å². The van der Waals surface area contributed by atoms with Gasteiger partial charge in [0.25, 0.3) is 11.5 Å². The van der Waals surface area contributed by atoms with Crippen LogP contribution in [0.5, 0.6) is 0 Å². The molecule has 0 saturated carbocycles. The third kappa shape index (κ3) is 3.56. The number of rotatable bonds is 4. The van der Waals surface area contributed by atoms with Crippen molar-refractivity contribution in [3.8, 4) is 16.9 Å². The SMILES string of the molecule is Cc1onc(-c2c(Cl)cccc2Cl)c1C(=O)Nc1c(C)n(C)n(-c2ccccc2)c1=O. The molecule has 0 spiro atoms. The highest BCUT2D eigenvalue weighted by Crippen LogP contribution is 2.37. The predicted molar refractivity (Wildman–Crippen MR) is 120 cm³/mol. The van der Waals surface area contributed by atoms with E-state index in [1.54, 1.807) is 43.8 Å². The van der Waals surface area contributed by atoms with Crippen molar-refractivity contribution in [2.45, 2.75) is 13.8 Å². The Balaban J connectivity index is 1.78. The molecule has 2 heterocycles. The first-order valence-electron chi connectivity index (χ1n) is 9.37. The first-order chi connectivity index (χ1) is 14.8. The molecule has 2 aromatic heterocycles. The highest BCUT2D eigenvalue weighted by molar-refractivity contribution is 6.39. The minimum Gasteiger partial charge on any atom is -0.360 e. The molecule has 7 nitrogen and oxygen atoms in total. The molecule has 0 aliphatic carbocycles. The molecule has 4 aromatic rings. The lowest BCUT2D eigenvalue weighted by molar-refractivity contribution is 0.102. The van der Waals surface area contributed by atoms with Crippen LogP contribution in [0.25, 0.3) is 16.9 Å². The van der Waals surface area contributed by atoms with Gasteiger partial charge in [0, 0.05) is 12.6 Å². The second-order valence-corrected chi connectivity index (χ2v) is 7.76. The summed E-state index contributed by atoms with van der Waals surface area (Å²) in [7, 11) is 1.75. The molecule has 0 saturated heterocycles. The number of hydrogen-bond acceptors (Lipinski definition) is 4. The summed E-state index contributed by atoms with van der Waals surface area (Å²) >= 11 is 12.6. The van der Waals surface area contributed by atoms with Crippen molar-refractivity contribution in [3.63, 3.8) is 0 Å². The molecule has 0 unspecified atom stereocenters. The van der Waals surface area contributed by atoms with E-state index in [-0.39, 0.29) is 28.3 Å². The van der Waals surface area contributed by atoms with E-state index < -0.39 is 5.91 Å². The van der Waals surface area contributed by atoms with E-state index in [9.17, 15) is 9.59 Å². The van der Waals surface area contributed by atoms with Gasteiger partial charge in [0.15, 0.2) is 0 Å². The van der Waals surface area contributed by atoms with Gasteiger partial charge in [-0.25, -0.2) is 4.68 Å². The highest BCUT2D eigenvalue weighted by Gasteiger charge is 2.27. The van der Waals surface area contributed by atoms with Crippen LogP contribution in [0.15, 0.2) is 57.8 Å². The van der Waals surface area contributed by atoms with Gasteiger partial charge < -0.3 is 9.84 Å². The van der Waals surface area contributed by atoms with Gasteiger partial charge in [-0.2, -0.15) is 0 Å². The van der Waals surface area contributed by atoms with E-state index >= 15 is 0 Å². The number of hydrogen-bond donors (Lipinski definition) is 1. The van der Waals surface area contributed by atoms with E-state index in [1.807, 2.05) is 30.3 Å². The molecule has 1 amide bonds. The number of carbonyl (C=O) groups is 1. The Kier molecular flexibility index (Phi) is 5.47. The summed E-state index contributed by atoms with van der Waals surface area (Å²) in [5, 5.41) is 7.38. The lowest BCUT2D eigenvalue weighted by Gasteiger charge is -2.07. The molecular formula is C22H18Cl2N4O3. The molecule has 0 aliphatic rings. The number of nitrogens with zero attached hydrogens (tertiary/aromatic N) is 3. The van der Waals surface area contributed by atoms with Crippen molar-refractivity contribution in [2.24, 2.45) is 7.05 Å². The zero-order valence-corrected chi connectivity index (χ0v) is 18.5. The summed E-state index contributed by atoms with van der Waals surface area (Å²) in [6.45, 7) is 3.36. The van der Waals surface area contributed by atoms with Gasteiger partial charge in [-0.3, -0.25) is 14.3 Å². The third-order valence-electron chi connectivity index (χ3n) is 5.08. The molecule has 2 aromatic carbocycles. The normalized spacial score (nSPS) is 11.0. The maximum atomic E-state index is 13.2. The smallest absolute Gasteiger partial charge is 0.295 e. The summed E-state index contributed by atoms with van der Waals surface area (Å²) in [5.74, 6) is -0.267. The summed E-state index contributed by atoms with van der Waals surface area (Å²) in [5.41, 5.74) is 1.84. The average molecular weight is 457 g/mol. The minimum absolute atomic E-state index is 0.156. The molecule has 0 fully saturated rings. The van der Waals surface area contributed by atoms with Crippen molar-refractivity contribution >= 4 is 34.8 Å². The largest absolute Gasteiger partial charge is 0.360 e. The fourth-order valence-corrected chi connectivity index (χ4v) is 4.00. The Bertz CT molecular complexity index is 1330. The van der Waals surface area contributed by atoms with Crippen LogP contribution in [-0.2, 0) is 7.05 Å². The second kappa shape index (κ2) is 8.09. The Morgan fingerprint density at radius 2 is 1.68 bits per heavy atom. The number of para-hydroxylation sites is 1. The third-order valence-corrected chi connectivity index (χ3v) is 5.71. The van der Waals surface area contributed by atoms with Crippen LogP contribution in [0.4, 0.5) is 5.69 Å². The monoisotopic (exact) mass is 456 g/mol. The predicted octanol–water partition coefficient (Wildman–Crippen LogP) is 5.01. The van der Waals surface area contributed by atoms with Crippen LogP contribution >= 0.6 is 23.2 Å². The highest BCUT2D eigenvalue weighted by atomic mass is 35.5. The molecule has 0 bridgehead atoms. The van der Waals surface area contributed by atoms with Gasteiger partial charge in [0.05, 0.1) is 21.4 Å². The fraction of sp³-hybridized carbons (Fsp3) is 0.136. The molecule has 0 atom stereocenters. The summed E-state index contributed by atoms with van der Waals surface area (Å²) < 4.78 is 8.42. The van der Waals surface area contributed by atoms with Crippen molar-refractivity contribution in [3.05, 3.63) is 85.9 Å². The number of anilines is 1. The summed E-state index contributed by atoms with van der Waals surface area (Å²) in [6, 6.07) is 14.2. The van der Waals surface area contributed by atoms with Crippen molar-refractivity contribution < 1.29 is 9.32 Å². The van der Waals surface area contributed by atoms with E-state index in [0.29, 0.717) is 27.0 Å². The Morgan fingerprint density at radius 3 is 2.32 bits per heavy atom. The summed E-state index contributed by atoms with van der Waals surface area (Å²) in [4.78, 5) is 26.3. The van der Waals surface area contributed by atoms with Crippen LogP contribution in [-0.4, -0.2) is 20.4 Å². The number of halogens is 2. The number of benzene rings is 2. The maximum Gasteiger partial charge on any atom is 0.295 e. The quantitative estimate of drug-likeness (QED) is 0.467. The molecule has 9 heteroatoms. The lowest BCUT2D eigenvalue weighted by Crippen LogP contribution is -2.23. The zero-order chi connectivity index (χ0) is 22.3. The van der Waals surface area contributed by atoms with Gasteiger partial charge in [0.2, 0.25) is 0 Å². The average Bonchev–Trinajstić information content (AvgIpc) is 3.21. The number of nitrogens with one attached hydrogen (secondary N) is 1. The molecule has 0 aliphatic heterocycles. The van der Waals surface area contributed by atoms with E-state index in [4.69, 9.17) is 27.7 Å². The van der Waals surface area contributed by atoms with E-state index in [2.05, 4.69) is 10.5 Å². The molecule has 31 heavy (non-hydrogen) atoms. The van der Waals surface area contributed by atoms with E-state index in [0.717, 1.165) is 0 Å². The topological polar surface area (TPSA) is 82.1 Å². The molecule has 158 valence electrons. The van der Waals surface area contributed by atoms with Crippen LogP contribution in [0.3, 0.4) is 0 Å². The first-order valence-corrected chi connectivity index (χ1v) is 10.1. The van der Waals surface area contributed by atoms with Gasteiger partial charge in [0.1, 0.15) is 22.7 Å². The number of carbonyl (C=O) groups excluding carboxylic acids is 1. The second-order valence-electron chi connectivity index (χ2n) is 6.95. The van der Waals surface area contributed by atoms with Crippen LogP contribution in [0.1, 0.15) is 21.8 Å². The first kappa shape index (κ1) is 21.0. The molecular weight excluding hydrogens is 439 g/mol. The number of amides is 1. The van der Waals surface area contributed by atoms with Crippen LogP contribution < -0.4 is 10.9 Å². The Labute approximate surface area is 187 Å². The van der Waals surface area contributed by atoms with Gasteiger partial charge in [-0.1, -0.05) is 52.6 Å². The lowest BCUT2D eigenvalue weighted by atomic mass is 10.1. The maximum absolute atomic E-state index is 13.2. The Hall–Kier alpha value is -3.29. The fourth-order valence-electron chi connectivity index (χ4n) is 3.42. The van der Waals surface area contributed by atoms with Gasteiger partial charge in [-0.05, 0) is 38.1 Å².